The van der Waals surface area contributed by atoms with Crippen molar-refractivity contribution >= 4 is 0 Å². The molecule has 1 aliphatic rings. The van der Waals surface area contributed by atoms with Crippen molar-refractivity contribution in [2.45, 2.75) is 19.4 Å². The van der Waals surface area contributed by atoms with Crippen LogP contribution in [0, 0.1) is 5.92 Å². The van der Waals surface area contributed by atoms with E-state index in [2.05, 4.69) is 18.9 Å². The molecule has 1 aliphatic heterocycles. The highest BCUT2D eigenvalue weighted by Crippen LogP contribution is 2.20. The first-order valence-corrected chi connectivity index (χ1v) is 3.57. The summed E-state index contributed by atoms with van der Waals surface area (Å²) in [5, 5.41) is 8.83. The van der Waals surface area contributed by atoms with E-state index in [-0.39, 0.29) is 0 Å². The van der Waals surface area contributed by atoms with E-state index in [0.29, 0.717) is 18.6 Å². The number of nitrogens with zero attached hydrogens (tertiary/aromatic N) is 1. The van der Waals surface area contributed by atoms with Gasteiger partial charge >= 0.3 is 0 Å². The Bertz CT molecular complexity index is 94.9. The van der Waals surface area contributed by atoms with Gasteiger partial charge in [-0.05, 0) is 32.9 Å². The highest BCUT2D eigenvalue weighted by Gasteiger charge is 2.26. The van der Waals surface area contributed by atoms with Crippen LogP contribution in [-0.4, -0.2) is 36.2 Å². The minimum atomic E-state index is 0.353. The smallest absolute Gasteiger partial charge is 0.0474 e. The van der Waals surface area contributed by atoms with Crippen molar-refractivity contribution in [1.29, 1.82) is 0 Å². The van der Waals surface area contributed by atoms with E-state index in [1.165, 1.54) is 0 Å². The first-order valence-electron chi connectivity index (χ1n) is 3.57. The summed E-state index contributed by atoms with van der Waals surface area (Å²) in [6.45, 7) is 3.67. The number of rotatable bonds is 1. The fourth-order valence-corrected chi connectivity index (χ4v) is 1.42. The first-order chi connectivity index (χ1) is 4.25. The zero-order chi connectivity index (χ0) is 6.85. The van der Waals surface area contributed by atoms with Crippen molar-refractivity contribution < 1.29 is 5.11 Å². The third kappa shape index (κ3) is 1.25. The van der Waals surface area contributed by atoms with Crippen molar-refractivity contribution in [1.82, 2.24) is 4.90 Å². The SMILES string of the molecule is C[C@H]1[C@@H](CO)CCN1C. The second kappa shape index (κ2) is 2.67. The quantitative estimate of drug-likeness (QED) is 0.551. The van der Waals surface area contributed by atoms with Crippen molar-refractivity contribution in [3.63, 3.8) is 0 Å². The molecule has 0 saturated carbocycles. The predicted molar refractivity (Wildman–Crippen MR) is 37.3 cm³/mol. The molecule has 2 heteroatoms. The maximum Gasteiger partial charge on any atom is 0.0474 e. The molecule has 0 bridgehead atoms. The molecule has 0 aromatic carbocycles. The average Bonchev–Trinajstić information content (AvgIpc) is 2.15. The first kappa shape index (κ1) is 7.03. The molecule has 0 radical (unpaired) electrons. The van der Waals surface area contributed by atoms with Crippen molar-refractivity contribution in [3.8, 4) is 0 Å². The fraction of sp³-hybridized carbons (Fsp3) is 1.00. The zero-order valence-electron chi connectivity index (χ0n) is 6.17. The Morgan fingerprint density at radius 1 is 1.67 bits per heavy atom. The molecule has 0 unspecified atom stereocenters. The van der Waals surface area contributed by atoms with Gasteiger partial charge in [0.05, 0.1) is 0 Å². The standard InChI is InChI=1S/C7H15NO/c1-6-7(5-9)3-4-8(6)2/h6-7,9H,3-5H2,1-2H3/t6-,7+/m0/s1. The molecule has 0 spiro atoms. The molecule has 1 N–H and O–H groups in total. The maximum atomic E-state index is 8.83. The van der Waals surface area contributed by atoms with E-state index >= 15 is 0 Å². The lowest BCUT2D eigenvalue weighted by molar-refractivity contribution is 0.191. The topological polar surface area (TPSA) is 23.5 Å². The lowest BCUT2D eigenvalue weighted by Crippen LogP contribution is -2.27. The summed E-state index contributed by atoms with van der Waals surface area (Å²) >= 11 is 0. The summed E-state index contributed by atoms with van der Waals surface area (Å²) < 4.78 is 0. The van der Waals surface area contributed by atoms with Gasteiger partial charge in [0.25, 0.3) is 0 Å². The van der Waals surface area contributed by atoms with Gasteiger partial charge in [-0.25, -0.2) is 0 Å². The number of hydrogen-bond donors (Lipinski definition) is 1. The van der Waals surface area contributed by atoms with Crippen LogP contribution in [0.4, 0.5) is 0 Å². The highest BCUT2D eigenvalue weighted by molar-refractivity contribution is 4.80. The van der Waals surface area contributed by atoms with E-state index in [1.54, 1.807) is 0 Å². The van der Waals surface area contributed by atoms with Crippen LogP contribution in [0.5, 0.6) is 0 Å². The van der Waals surface area contributed by atoms with Gasteiger partial charge in [-0.3, -0.25) is 0 Å². The van der Waals surface area contributed by atoms with Crippen LogP contribution in [0.2, 0.25) is 0 Å². The van der Waals surface area contributed by atoms with Gasteiger partial charge in [-0.1, -0.05) is 0 Å². The van der Waals surface area contributed by atoms with E-state index in [1.807, 2.05) is 0 Å². The summed E-state index contributed by atoms with van der Waals surface area (Å²) in [7, 11) is 2.11. The van der Waals surface area contributed by atoms with Crippen molar-refractivity contribution in [2.24, 2.45) is 5.92 Å². The Balaban J connectivity index is 2.41. The Morgan fingerprint density at radius 3 is 2.56 bits per heavy atom. The predicted octanol–water partition coefficient (Wildman–Crippen LogP) is 0.319. The third-order valence-corrected chi connectivity index (χ3v) is 2.46. The molecule has 2 nitrogen and oxygen atoms in total. The Hall–Kier alpha value is -0.0800. The molecule has 1 saturated heterocycles. The van der Waals surface area contributed by atoms with E-state index in [9.17, 15) is 0 Å². The Kier molecular flexibility index (Phi) is 2.09. The Labute approximate surface area is 56.5 Å². The summed E-state index contributed by atoms with van der Waals surface area (Å²) in [5.41, 5.74) is 0. The normalized spacial score (nSPS) is 37.7. The molecular formula is C7H15NO. The van der Waals surface area contributed by atoms with Crippen LogP contribution in [0.15, 0.2) is 0 Å². The summed E-state index contributed by atoms with van der Waals surface area (Å²) in [6, 6.07) is 0.579. The third-order valence-electron chi connectivity index (χ3n) is 2.46. The number of aliphatic hydroxyl groups excluding tert-OH is 1. The van der Waals surface area contributed by atoms with Crippen LogP contribution in [0.25, 0.3) is 0 Å². The molecule has 0 amide bonds. The van der Waals surface area contributed by atoms with Gasteiger partial charge < -0.3 is 10.0 Å². The summed E-state index contributed by atoms with van der Waals surface area (Å²) in [6.07, 6.45) is 1.16. The second-order valence-corrected chi connectivity index (χ2v) is 2.95. The lowest BCUT2D eigenvalue weighted by atomic mass is 10.0. The number of hydrogen-bond acceptors (Lipinski definition) is 2. The van der Waals surface area contributed by atoms with Gasteiger partial charge in [0.2, 0.25) is 0 Å². The molecule has 0 aliphatic carbocycles. The summed E-state index contributed by atoms with van der Waals surface area (Å²) in [4.78, 5) is 2.29. The van der Waals surface area contributed by atoms with Gasteiger partial charge in [-0.15, -0.1) is 0 Å². The van der Waals surface area contributed by atoms with Crippen LogP contribution in [0.1, 0.15) is 13.3 Å². The Morgan fingerprint density at radius 2 is 2.33 bits per heavy atom. The second-order valence-electron chi connectivity index (χ2n) is 2.95. The largest absolute Gasteiger partial charge is 0.396 e. The van der Waals surface area contributed by atoms with E-state index in [0.717, 1.165) is 13.0 Å². The average molecular weight is 129 g/mol. The number of aliphatic hydroxyl groups is 1. The van der Waals surface area contributed by atoms with Gasteiger partial charge in [0, 0.05) is 12.6 Å². The molecule has 2 atom stereocenters. The van der Waals surface area contributed by atoms with Gasteiger partial charge in [0.1, 0.15) is 0 Å². The fourth-order valence-electron chi connectivity index (χ4n) is 1.42. The van der Waals surface area contributed by atoms with Crippen LogP contribution < -0.4 is 0 Å². The molecular weight excluding hydrogens is 114 g/mol. The molecule has 0 aromatic rings. The molecule has 1 fully saturated rings. The molecule has 0 aromatic heterocycles. The molecule has 9 heavy (non-hydrogen) atoms. The van der Waals surface area contributed by atoms with Crippen molar-refractivity contribution in [2.75, 3.05) is 20.2 Å². The lowest BCUT2D eigenvalue weighted by Gasteiger charge is -2.17. The molecule has 1 heterocycles. The van der Waals surface area contributed by atoms with Crippen LogP contribution in [-0.2, 0) is 0 Å². The number of likely N-dealkylation sites (tertiary alicyclic amines) is 1. The van der Waals surface area contributed by atoms with Crippen LogP contribution in [0.3, 0.4) is 0 Å². The van der Waals surface area contributed by atoms with E-state index in [4.69, 9.17) is 5.11 Å². The van der Waals surface area contributed by atoms with Crippen molar-refractivity contribution in [3.05, 3.63) is 0 Å². The monoisotopic (exact) mass is 129 g/mol. The molecule has 54 valence electrons. The minimum Gasteiger partial charge on any atom is -0.396 e. The maximum absolute atomic E-state index is 8.83. The van der Waals surface area contributed by atoms with Gasteiger partial charge in [-0.2, -0.15) is 0 Å². The summed E-state index contributed by atoms with van der Waals surface area (Å²) in [5.74, 6) is 0.523. The highest BCUT2D eigenvalue weighted by atomic mass is 16.3. The van der Waals surface area contributed by atoms with Crippen LogP contribution >= 0.6 is 0 Å². The van der Waals surface area contributed by atoms with E-state index < -0.39 is 0 Å². The molecule has 1 rings (SSSR count). The minimum absolute atomic E-state index is 0.353. The van der Waals surface area contributed by atoms with Gasteiger partial charge in [0.15, 0.2) is 0 Å². The zero-order valence-corrected chi connectivity index (χ0v) is 6.17.